The lowest BCUT2D eigenvalue weighted by Gasteiger charge is -2.44. The second-order valence-electron chi connectivity index (χ2n) is 5.15. The summed E-state index contributed by atoms with van der Waals surface area (Å²) in [5, 5.41) is 0. The molecule has 0 spiro atoms. The molecule has 1 aromatic carbocycles. The molecule has 0 heterocycles. The van der Waals surface area contributed by atoms with Crippen molar-refractivity contribution < 1.29 is 4.48 Å². The largest absolute Gasteiger partial charge is 0.322 e. The fourth-order valence-corrected chi connectivity index (χ4v) is 1.86. The van der Waals surface area contributed by atoms with E-state index in [-0.39, 0.29) is 5.54 Å². The Morgan fingerprint density at radius 2 is 1.73 bits per heavy atom. The number of hydrogen-bond acceptors (Lipinski definition) is 0. The maximum atomic E-state index is 3.87. The van der Waals surface area contributed by atoms with Gasteiger partial charge >= 0.3 is 0 Å². The van der Waals surface area contributed by atoms with Gasteiger partial charge in [-0.05, 0) is 6.92 Å². The van der Waals surface area contributed by atoms with E-state index < -0.39 is 0 Å². The molecule has 1 nitrogen and oxygen atoms in total. The van der Waals surface area contributed by atoms with Crippen LogP contribution in [0.5, 0.6) is 0 Å². The molecule has 0 aliphatic carbocycles. The highest BCUT2D eigenvalue weighted by molar-refractivity contribution is 5.22. The number of quaternary nitrogens is 1. The maximum absolute atomic E-state index is 3.87. The molecule has 1 rings (SSSR count). The topological polar surface area (TPSA) is 0 Å². The molecule has 0 amide bonds. The maximum Gasteiger partial charge on any atom is 0.125 e. The van der Waals surface area contributed by atoms with Crippen LogP contribution in [0.3, 0.4) is 0 Å². The molecule has 1 unspecified atom stereocenters. The Morgan fingerprint density at radius 3 is 2.13 bits per heavy atom. The lowest BCUT2D eigenvalue weighted by Crippen LogP contribution is -2.52. The van der Waals surface area contributed by atoms with Crippen molar-refractivity contribution in [2.45, 2.75) is 18.9 Å². The molecule has 1 atom stereocenters. The Bertz CT molecular complexity index is 321. The summed E-state index contributed by atoms with van der Waals surface area (Å²) in [5.74, 6) is 0. The van der Waals surface area contributed by atoms with Gasteiger partial charge in [0.2, 0.25) is 0 Å². The second-order valence-corrected chi connectivity index (χ2v) is 5.15. The number of rotatable bonds is 4. The summed E-state index contributed by atoms with van der Waals surface area (Å²) in [7, 11) is 6.70. The van der Waals surface area contributed by atoms with Crippen molar-refractivity contribution in [3.8, 4) is 0 Å². The normalized spacial score (nSPS) is 15.7. The number of benzene rings is 1. The van der Waals surface area contributed by atoms with E-state index in [2.05, 4.69) is 65.0 Å². The van der Waals surface area contributed by atoms with Crippen molar-refractivity contribution in [3.05, 3.63) is 48.6 Å². The van der Waals surface area contributed by atoms with Crippen LogP contribution in [-0.4, -0.2) is 25.6 Å². The Labute approximate surface area is 93.6 Å². The quantitative estimate of drug-likeness (QED) is 0.522. The summed E-state index contributed by atoms with van der Waals surface area (Å²) >= 11 is 0. The molecule has 0 aromatic heterocycles. The predicted molar refractivity (Wildman–Crippen MR) is 66.6 cm³/mol. The van der Waals surface area contributed by atoms with Crippen LogP contribution in [-0.2, 0) is 5.54 Å². The molecule has 0 fully saturated rings. The highest BCUT2D eigenvalue weighted by Gasteiger charge is 2.38. The number of nitrogens with zero attached hydrogens (tertiary/aromatic N) is 1. The molecular formula is C14H22N+. The third kappa shape index (κ3) is 2.29. The molecule has 0 saturated heterocycles. The zero-order valence-corrected chi connectivity index (χ0v) is 10.3. The molecule has 0 bridgehead atoms. The molecule has 0 aliphatic rings. The Kier molecular flexibility index (Phi) is 3.35. The van der Waals surface area contributed by atoms with Gasteiger partial charge in [-0.1, -0.05) is 36.4 Å². The van der Waals surface area contributed by atoms with Gasteiger partial charge in [0.25, 0.3) is 0 Å². The van der Waals surface area contributed by atoms with Crippen molar-refractivity contribution in [2.24, 2.45) is 0 Å². The summed E-state index contributed by atoms with van der Waals surface area (Å²) in [6, 6.07) is 10.7. The molecule has 1 aromatic rings. The number of hydrogen-bond donors (Lipinski definition) is 0. The average Bonchev–Trinajstić information content (AvgIpc) is 2.18. The Balaban J connectivity index is 3.18. The van der Waals surface area contributed by atoms with Gasteiger partial charge in [-0.15, -0.1) is 6.58 Å². The van der Waals surface area contributed by atoms with Crippen LogP contribution in [0.2, 0.25) is 0 Å². The van der Waals surface area contributed by atoms with Crippen LogP contribution in [0, 0.1) is 0 Å². The summed E-state index contributed by atoms with van der Waals surface area (Å²) in [6.45, 7) is 6.17. The first-order valence-corrected chi connectivity index (χ1v) is 5.40. The van der Waals surface area contributed by atoms with E-state index in [9.17, 15) is 0 Å². The first kappa shape index (κ1) is 12.0. The molecule has 1 heteroatoms. The average molecular weight is 204 g/mol. The van der Waals surface area contributed by atoms with Gasteiger partial charge in [0.1, 0.15) is 5.54 Å². The van der Waals surface area contributed by atoms with Gasteiger partial charge in [-0.2, -0.15) is 0 Å². The summed E-state index contributed by atoms with van der Waals surface area (Å²) in [6.07, 6.45) is 3.00. The summed E-state index contributed by atoms with van der Waals surface area (Å²) in [5.41, 5.74) is 1.47. The molecule has 0 N–H and O–H groups in total. The molecule has 15 heavy (non-hydrogen) atoms. The van der Waals surface area contributed by atoms with E-state index in [0.29, 0.717) is 0 Å². The Hall–Kier alpha value is -1.08. The predicted octanol–water partition coefficient (Wildman–Crippen LogP) is 3.18. The van der Waals surface area contributed by atoms with Crippen molar-refractivity contribution in [1.82, 2.24) is 0 Å². The third-order valence-corrected chi connectivity index (χ3v) is 3.42. The molecule has 0 radical (unpaired) electrons. The third-order valence-electron chi connectivity index (χ3n) is 3.42. The smallest absolute Gasteiger partial charge is 0.125 e. The zero-order chi connectivity index (χ0) is 11.5. The van der Waals surface area contributed by atoms with E-state index in [4.69, 9.17) is 0 Å². The fourth-order valence-electron chi connectivity index (χ4n) is 1.86. The van der Waals surface area contributed by atoms with Gasteiger partial charge in [0, 0.05) is 12.0 Å². The van der Waals surface area contributed by atoms with Gasteiger partial charge in [-0.3, -0.25) is 0 Å². The van der Waals surface area contributed by atoms with E-state index >= 15 is 0 Å². The van der Waals surface area contributed by atoms with Crippen LogP contribution < -0.4 is 0 Å². The minimum absolute atomic E-state index is 0.100. The SMILES string of the molecule is C=CCC(C)(c1ccccc1)[N+](C)(C)C. The minimum atomic E-state index is 0.100. The van der Waals surface area contributed by atoms with Crippen molar-refractivity contribution >= 4 is 0 Å². The molecule has 82 valence electrons. The summed E-state index contributed by atoms with van der Waals surface area (Å²) in [4.78, 5) is 0. The highest BCUT2D eigenvalue weighted by atomic mass is 15.3. The van der Waals surface area contributed by atoms with Gasteiger partial charge in [0.05, 0.1) is 21.1 Å². The minimum Gasteiger partial charge on any atom is -0.322 e. The zero-order valence-electron chi connectivity index (χ0n) is 10.3. The van der Waals surface area contributed by atoms with Gasteiger partial charge in [-0.25, -0.2) is 0 Å². The van der Waals surface area contributed by atoms with Crippen LogP contribution >= 0.6 is 0 Å². The van der Waals surface area contributed by atoms with Gasteiger partial charge in [0.15, 0.2) is 0 Å². The van der Waals surface area contributed by atoms with E-state index in [1.165, 1.54) is 5.56 Å². The summed E-state index contributed by atoms with van der Waals surface area (Å²) < 4.78 is 0.906. The molecule has 0 aliphatic heterocycles. The van der Waals surface area contributed by atoms with Crippen molar-refractivity contribution in [3.63, 3.8) is 0 Å². The first-order chi connectivity index (χ1) is 6.92. The Morgan fingerprint density at radius 1 is 1.20 bits per heavy atom. The standard InChI is InChI=1S/C14H22N/c1-6-12-14(2,15(3,4)5)13-10-8-7-9-11-13/h6-11H,1,12H2,2-5H3/q+1. The van der Waals surface area contributed by atoms with Crippen LogP contribution in [0.1, 0.15) is 18.9 Å². The van der Waals surface area contributed by atoms with Crippen molar-refractivity contribution in [1.29, 1.82) is 0 Å². The molecular weight excluding hydrogens is 182 g/mol. The lowest BCUT2D eigenvalue weighted by atomic mass is 9.85. The monoisotopic (exact) mass is 204 g/mol. The highest BCUT2D eigenvalue weighted by Crippen LogP contribution is 2.34. The molecule has 0 saturated carbocycles. The lowest BCUT2D eigenvalue weighted by molar-refractivity contribution is -0.929. The van der Waals surface area contributed by atoms with Crippen molar-refractivity contribution in [2.75, 3.05) is 21.1 Å². The van der Waals surface area contributed by atoms with E-state index in [1.54, 1.807) is 0 Å². The van der Waals surface area contributed by atoms with Gasteiger partial charge < -0.3 is 4.48 Å². The van der Waals surface area contributed by atoms with E-state index in [1.807, 2.05) is 6.08 Å². The fraction of sp³-hybridized carbons (Fsp3) is 0.429. The van der Waals surface area contributed by atoms with Crippen LogP contribution in [0.4, 0.5) is 0 Å². The second kappa shape index (κ2) is 4.19. The first-order valence-electron chi connectivity index (χ1n) is 5.40. The van der Waals surface area contributed by atoms with E-state index in [0.717, 1.165) is 10.9 Å². The van der Waals surface area contributed by atoms with Crippen LogP contribution in [0.15, 0.2) is 43.0 Å². The van der Waals surface area contributed by atoms with Crippen LogP contribution in [0.25, 0.3) is 0 Å².